The largest absolute Gasteiger partial charge is 0.397 e. The monoisotopic (exact) mass is 252 g/mol. The minimum Gasteiger partial charge on any atom is -0.397 e. The predicted molar refractivity (Wildman–Crippen MR) is 78.0 cm³/mol. The number of benzene rings is 3. The number of anilines is 3. The molecule has 0 saturated carbocycles. The number of hydrogen-bond donors (Lipinski definition) is 2. The third kappa shape index (κ3) is 2.10. The van der Waals surface area contributed by atoms with E-state index in [0.29, 0.717) is 11.4 Å². The van der Waals surface area contributed by atoms with E-state index in [9.17, 15) is 4.39 Å². The Labute approximate surface area is 110 Å². The van der Waals surface area contributed by atoms with Gasteiger partial charge in [-0.05, 0) is 23.6 Å². The molecule has 3 aromatic carbocycles. The molecule has 0 fully saturated rings. The number of para-hydroxylation sites is 1. The third-order valence-corrected chi connectivity index (χ3v) is 3.10. The Morgan fingerprint density at radius 2 is 1.58 bits per heavy atom. The maximum Gasteiger partial charge on any atom is 0.148 e. The third-order valence-electron chi connectivity index (χ3n) is 3.10. The second-order valence-corrected chi connectivity index (χ2v) is 4.36. The molecule has 3 heteroatoms. The Kier molecular flexibility index (Phi) is 2.80. The predicted octanol–water partition coefficient (Wildman–Crippen LogP) is 4.30. The summed E-state index contributed by atoms with van der Waals surface area (Å²) in [6.45, 7) is 0. The molecule has 3 N–H and O–H groups in total. The number of nitrogens with two attached hydrogens (primary N) is 1. The molecule has 0 atom stereocenters. The minimum absolute atomic E-state index is 0.318. The normalized spacial score (nSPS) is 10.6. The molecule has 0 saturated heterocycles. The number of fused-ring (bicyclic) bond motifs is 1. The molecule has 0 bridgehead atoms. The number of hydrogen-bond acceptors (Lipinski definition) is 2. The topological polar surface area (TPSA) is 38.0 Å². The molecule has 0 unspecified atom stereocenters. The van der Waals surface area contributed by atoms with Crippen LogP contribution in [0.4, 0.5) is 21.5 Å². The van der Waals surface area contributed by atoms with E-state index < -0.39 is 0 Å². The van der Waals surface area contributed by atoms with Gasteiger partial charge in [-0.25, -0.2) is 4.39 Å². The van der Waals surface area contributed by atoms with Crippen molar-refractivity contribution in [3.63, 3.8) is 0 Å². The summed E-state index contributed by atoms with van der Waals surface area (Å²) in [7, 11) is 0. The van der Waals surface area contributed by atoms with Gasteiger partial charge in [0.15, 0.2) is 0 Å². The maximum atomic E-state index is 13.8. The zero-order valence-electron chi connectivity index (χ0n) is 10.2. The maximum absolute atomic E-state index is 13.8. The van der Waals surface area contributed by atoms with Crippen LogP contribution in [0.5, 0.6) is 0 Å². The van der Waals surface area contributed by atoms with E-state index in [4.69, 9.17) is 5.73 Å². The Balaban J connectivity index is 2.11. The highest BCUT2D eigenvalue weighted by molar-refractivity contribution is 5.96. The van der Waals surface area contributed by atoms with Crippen LogP contribution in [0.15, 0.2) is 60.7 Å². The van der Waals surface area contributed by atoms with E-state index in [0.717, 1.165) is 16.5 Å². The van der Waals surface area contributed by atoms with E-state index in [2.05, 4.69) is 5.32 Å². The van der Waals surface area contributed by atoms with Crippen molar-refractivity contribution in [2.45, 2.75) is 0 Å². The van der Waals surface area contributed by atoms with Crippen molar-refractivity contribution in [1.82, 2.24) is 0 Å². The van der Waals surface area contributed by atoms with Gasteiger partial charge in [0.2, 0.25) is 0 Å². The Morgan fingerprint density at radius 1 is 0.842 bits per heavy atom. The van der Waals surface area contributed by atoms with Gasteiger partial charge < -0.3 is 11.1 Å². The summed E-state index contributed by atoms with van der Waals surface area (Å²) in [5.74, 6) is -0.354. The number of rotatable bonds is 2. The van der Waals surface area contributed by atoms with Gasteiger partial charge in [-0.3, -0.25) is 0 Å². The number of nitrogens with one attached hydrogen (secondary N) is 1. The van der Waals surface area contributed by atoms with E-state index in [1.807, 2.05) is 42.5 Å². The van der Waals surface area contributed by atoms with Crippen LogP contribution in [0.3, 0.4) is 0 Å². The second kappa shape index (κ2) is 4.61. The van der Waals surface area contributed by atoms with Gasteiger partial charge in [0.1, 0.15) is 5.82 Å². The molecule has 0 aromatic heterocycles. The smallest absolute Gasteiger partial charge is 0.148 e. The lowest BCUT2D eigenvalue weighted by Gasteiger charge is -2.12. The first-order valence-corrected chi connectivity index (χ1v) is 6.04. The summed E-state index contributed by atoms with van der Waals surface area (Å²) in [4.78, 5) is 0. The van der Waals surface area contributed by atoms with Crippen molar-refractivity contribution in [3.8, 4) is 0 Å². The van der Waals surface area contributed by atoms with Gasteiger partial charge >= 0.3 is 0 Å². The lowest BCUT2D eigenvalue weighted by Crippen LogP contribution is -1.99. The van der Waals surface area contributed by atoms with Crippen LogP contribution in [-0.4, -0.2) is 0 Å². The molecule has 0 aliphatic rings. The van der Waals surface area contributed by atoms with E-state index in [1.54, 1.807) is 12.1 Å². The highest BCUT2D eigenvalue weighted by atomic mass is 19.1. The van der Waals surface area contributed by atoms with Gasteiger partial charge in [-0.15, -0.1) is 0 Å². The number of nitrogen functional groups attached to an aromatic ring is 1. The molecule has 0 heterocycles. The zero-order chi connectivity index (χ0) is 13.2. The van der Waals surface area contributed by atoms with Crippen LogP contribution in [0.1, 0.15) is 0 Å². The van der Waals surface area contributed by atoms with Crippen LogP contribution >= 0.6 is 0 Å². The van der Waals surface area contributed by atoms with Gasteiger partial charge in [-0.1, -0.05) is 42.5 Å². The van der Waals surface area contributed by atoms with E-state index in [1.165, 1.54) is 6.07 Å². The summed E-state index contributed by atoms with van der Waals surface area (Å²) in [6.07, 6.45) is 0. The average molecular weight is 252 g/mol. The van der Waals surface area contributed by atoms with Crippen molar-refractivity contribution in [3.05, 3.63) is 66.5 Å². The summed E-state index contributed by atoms with van der Waals surface area (Å²) in [6, 6.07) is 18.5. The molecule has 0 amide bonds. The first kappa shape index (κ1) is 11.5. The van der Waals surface area contributed by atoms with Crippen molar-refractivity contribution in [2.75, 3.05) is 11.1 Å². The standard InChI is InChI=1S/C16H13FN2/c17-13-8-4-9-14(18)16(13)19-15-10-3-6-11-5-1-2-7-12(11)15/h1-10,19H,18H2. The lowest BCUT2D eigenvalue weighted by atomic mass is 10.1. The van der Waals surface area contributed by atoms with Gasteiger partial charge in [0.05, 0.1) is 11.4 Å². The summed E-state index contributed by atoms with van der Waals surface area (Å²) < 4.78 is 13.8. The zero-order valence-corrected chi connectivity index (χ0v) is 10.2. The fourth-order valence-corrected chi connectivity index (χ4v) is 2.14. The number of halogens is 1. The highest BCUT2D eigenvalue weighted by Crippen LogP contribution is 2.30. The lowest BCUT2D eigenvalue weighted by molar-refractivity contribution is 0.632. The second-order valence-electron chi connectivity index (χ2n) is 4.36. The fourth-order valence-electron chi connectivity index (χ4n) is 2.14. The van der Waals surface area contributed by atoms with Crippen LogP contribution in [0, 0.1) is 5.82 Å². The van der Waals surface area contributed by atoms with Crippen LogP contribution < -0.4 is 11.1 Å². The molecule has 3 aromatic rings. The quantitative estimate of drug-likeness (QED) is 0.667. The Bertz CT molecular complexity index is 712. The first-order chi connectivity index (χ1) is 9.25. The molecule has 3 rings (SSSR count). The summed E-state index contributed by atoms with van der Waals surface area (Å²) in [5.41, 5.74) is 7.37. The SMILES string of the molecule is Nc1cccc(F)c1Nc1cccc2ccccc12. The van der Waals surface area contributed by atoms with Crippen molar-refractivity contribution >= 4 is 27.8 Å². The van der Waals surface area contributed by atoms with Crippen molar-refractivity contribution < 1.29 is 4.39 Å². The Morgan fingerprint density at radius 3 is 2.42 bits per heavy atom. The van der Waals surface area contributed by atoms with Gasteiger partial charge in [-0.2, -0.15) is 0 Å². The average Bonchev–Trinajstić information content (AvgIpc) is 2.43. The van der Waals surface area contributed by atoms with Crippen molar-refractivity contribution in [1.29, 1.82) is 0 Å². The molecule has 0 radical (unpaired) electrons. The van der Waals surface area contributed by atoms with Gasteiger partial charge in [0, 0.05) is 11.1 Å². The van der Waals surface area contributed by atoms with Crippen LogP contribution in [0.25, 0.3) is 10.8 Å². The molecular formula is C16H13FN2. The van der Waals surface area contributed by atoms with E-state index in [-0.39, 0.29) is 5.82 Å². The van der Waals surface area contributed by atoms with Crippen LogP contribution in [-0.2, 0) is 0 Å². The Hall–Kier alpha value is -2.55. The summed E-state index contributed by atoms with van der Waals surface area (Å²) >= 11 is 0. The fraction of sp³-hybridized carbons (Fsp3) is 0. The first-order valence-electron chi connectivity index (χ1n) is 6.04. The van der Waals surface area contributed by atoms with E-state index >= 15 is 0 Å². The summed E-state index contributed by atoms with van der Waals surface area (Å²) in [5, 5.41) is 5.22. The molecular weight excluding hydrogens is 239 g/mol. The molecule has 94 valence electrons. The molecule has 0 aliphatic heterocycles. The van der Waals surface area contributed by atoms with Crippen molar-refractivity contribution in [2.24, 2.45) is 0 Å². The molecule has 0 aliphatic carbocycles. The molecule has 0 spiro atoms. The van der Waals surface area contributed by atoms with Crippen LogP contribution in [0.2, 0.25) is 0 Å². The van der Waals surface area contributed by atoms with Gasteiger partial charge in [0.25, 0.3) is 0 Å². The molecule has 19 heavy (non-hydrogen) atoms. The highest BCUT2D eigenvalue weighted by Gasteiger charge is 2.07. The molecule has 2 nitrogen and oxygen atoms in total. The minimum atomic E-state index is -0.354.